The second-order valence-electron chi connectivity index (χ2n) is 5.44. The third-order valence-electron chi connectivity index (χ3n) is 3.92. The maximum atomic E-state index is 12.4. The molecule has 0 bridgehead atoms. The van der Waals surface area contributed by atoms with Gasteiger partial charge >= 0.3 is 0 Å². The lowest BCUT2D eigenvalue weighted by atomic mass is 10.1. The summed E-state index contributed by atoms with van der Waals surface area (Å²) in [7, 11) is 0. The highest BCUT2D eigenvalue weighted by Gasteiger charge is 2.22. The largest absolute Gasteiger partial charge is 0.336 e. The van der Waals surface area contributed by atoms with Gasteiger partial charge < -0.3 is 4.90 Å². The fraction of sp³-hybridized carbons (Fsp3) is 0.250. The second kappa shape index (κ2) is 5.92. The Bertz CT molecular complexity index is 826. The molecule has 23 heavy (non-hydrogen) atoms. The highest BCUT2D eigenvalue weighted by molar-refractivity contribution is 7.10. The van der Waals surface area contributed by atoms with E-state index in [1.54, 1.807) is 11.3 Å². The zero-order valence-electron chi connectivity index (χ0n) is 12.4. The van der Waals surface area contributed by atoms with Crippen LogP contribution in [0.4, 0.5) is 0 Å². The molecule has 0 spiro atoms. The standard InChI is InChI=1S/C16H15N5OS/c22-15(20-8-6-14-13(10-20)7-9-23-14)11-21-18-16(17-19-21)12-4-2-1-3-5-12/h1-5,7,9H,6,8,10-11H2. The van der Waals surface area contributed by atoms with Crippen molar-refractivity contribution in [2.45, 2.75) is 19.5 Å². The van der Waals surface area contributed by atoms with Gasteiger partial charge in [0.15, 0.2) is 0 Å². The number of hydrogen-bond acceptors (Lipinski definition) is 5. The Hall–Kier alpha value is -2.54. The van der Waals surface area contributed by atoms with Gasteiger partial charge in [0.05, 0.1) is 0 Å². The lowest BCUT2D eigenvalue weighted by molar-refractivity contribution is -0.133. The molecular formula is C16H15N5OS. The topological polar surface area (TPSA) is 63.9 Å². The fourth-order valence-corrected chi connectivity index (χ4v) is 3.58. The Morgan fingerprint density at radius 3 is 2.96 bits per heavy atom. The minimum absolute atomic E-state index is 0.0267. The van der Waals surface area contributed by atoms with Crippen LogP contribution < -0.4 is 0 Å². The molecule has 3 aromatic rings. The first-order valence-corrected chi connectivity index (χ1v) is 8.34. The van der Waals surface area contributed by atoms with Crippen LogP contribution in [0.1, 0.15) is 10.4 Å². The van der Waals surface area contributed by atoms with E-state index in [2.05, 4.69) is 26.9 Å². The molecule has 0 N–H and O–H groups in total. The van der Waals surface area contributed by atoms with Crippen LogP contribution in [0.5, 0.6) is 0 Å². The van der Waals surface area contributed by atoms with Crippen LogP contribution in [0.2, 0.25) is 0 Å². The zero-order chi connectivity index (χ0) is 15.6. The normalized spacial score (nSPS) is 13.8. The quantitative estimate of drug-likeness (QED) is 0.739. The number of amides is 1. The SMILES string of the molecule is O=C(Cn1nnc(-c2ccccc2)n1)N1CCc2sccc2C1. The van der Waals surface area contributed by atoms with Gasteiger partial charge in [-0.1, -0.05) is 30.3 Å². The third kappa shape index (κ3) is 2.87. The number of tetrazole rings is 1. The lowest BCUT2D eigenvalue weighted by Gasteiger charge is -2.26. The van der Waals surface area contributed by atoms with Gasteiger partial charge in [0.2, 0.25) is 11.7 Å². The van der Waals surface area contributed by atoms with E-state index in [1.165, 1.54) is 15.2 Å². The van der Waals surface area contributed by atoms with Crippen molar-refractivity contribution in [3.8, 4) is 11.4 Å². The number of hydrogen-bond donors (Lipinski definition) is 0. The number of rotatable bonds is 3. The number of aromatic nitrogens is 4. The second-order valence-corrected chi connectivity index (χ2v) is 6.44. The Labute approximate surface area is 137 Å². The zero-order valence-corrected chi connectivity index (χ0v) is 13.2. The number of thiophene rings is 1. The van der Waals surface area contributed by atoms with E-state index in [9.17, 15) is 4.79 Å². The van der Waals surface area contributed by atoms with Crippen molar-refractivity contribution in [2.75, 3.05) is 6.54 Å². The molecule has 0 saturated heterocycles. The molecule has 1 amide bonds. The molecule has 0 atom stereocenters. The Balaban J connectivity index is 1.45. The predicted molar refractivity (Wildman–Crippen MR) is 86.7 cm³/mol. The van der Waals surface area contributed by atoms with Gasteiger partial charge in [0.1, 0.15) is 6.54 Å². The van der Waals surface area contributed by atoms with Crippen LogP contribution in [-0.2, 0) is 24.3 Å². The number of fused-ring (bicyclic) bond motifs is 1. The van der Waals surface area contributed by atoms with Crippen LogP contribution in [-0.4, -0.2) is 37.6 Å². The summed E-state index contributed by atoms with van der Waals surface area (Å²) in [5.74, 6) is 0.566. The maximum absolute atomic E-state index is 12.4. The summed E-state index contributed by atoms with van der Waals surface area (Å²) in [4.78, 5) is 17.1. The van der Waals surface area contributed by atoms with Crippen molar-refractivity contribution in [3.63, 3.8) is 0 Å². The molecule has 1 aliphatic rings. The maximum Gasteiger partial charge on any atom is 0.246 e. The number of benzene rings is 1. The van der Waals surface area contributed by atoms with Gasteiger partial charge in [-0.25, -0.2) is 0 Å². The number of nitrogens with zero attached hydrogens (tertiary/aromatic N) is 5. The summed E-state index contributed by atoms with van der Waals surface area (Å²) in [6, 6.07) is 11.7. The summed E-state index contributed by atoms with van der Waals surface area (Å²) in [5, 5.41) is 14.4. The van der Waals surface area contributed by atoms with Crippen molar-refractivity contribution in [2.24, 2.45) is 0 Å². The molecule has 0 aliphatic carbocycles. The van der Waals surface area contributed by atoms with Crippen LogP contribution in [0.15, 0.2) is 41.8 Å². The van der Waals surface area contributed by atoms with Crippen molar-refractivity contribution in [1.29, 1.82) is 0 Å². The molecule has 0 fully saturated rings. The predicted octanol–water partition coefficient (Wildman–Crippen LogP) is 1.99. The van der Waals surface area contributed by atoms with Crippen molar-refractivity contribution in [3.05, 3.63) is 52.2 Å². The number of carbonyl (C=O) groups is 1. The van der Waals surface area contributed by atoms with E-state index < -0.39 is 0 Å². The average molecular weight is 325 g/mol. The minimum Gasteiger partial charge on any atom is -0.336 e. The van der Waals surface area contributed by atoms with Gasteiger partial charge in [0, 0.05) is 23.5 Å². The molecule has 1 aromatic carbocycles. The van der Waals surface area contributed by atoms with Crippen LogP contribution >= 0.6 is 11.3 Å². The van der Waals surface area contributed by atoms with Gasteiger partial charge in [-0.05, 0) is 28.6 Å². The van der Waals surface area contributed by atoms with Crippen molar-refractivity contribution in [1.82, 2.24) is 25.1 Å². The Morgan fingerprint density at radius 2 is 2.09 bits per heavy atom. The smallest absolute Gasteiger partial charge is 0.246 e. The molecule has 0 saturated carbocycles. The van der Waals surface area contributed by atoms with E-state index in [0.29, 0.717) is 12.4 Å². The first-order chi connectivity index (χ1) is 11.3. The first kappa shape index (κ1) is 14.1. The first-order valence-electron chi connectivity index (χ1n) is 7.46. The molecule has 3 heterocycles. The van der Waals surface area contributed by atoms with E-state index in [1.807, 2.05) is 35.2 Å². The summed E-state index contributed by atoms with van der Waals surface area (Å²) in [6.45, 7) is 1.56. The molecule has 6 nitrogen and oxygen atoms in total. The molecule has 2 aromatic heterocycles. The molecule has 0 radical (unpaired) electrons. The molecule has 1 aliphatic heterocycles. The van der Waals surface area contributed by atoms with E-state index >= 15 is 0 Å². The Morgan fingerprint density at radius 1 is 1.22 bits per heavy atom. The van der Waals surface area contributed by atoms with Crippen LogP contribution in [0, 0.1) is 0 Å². The van der Waals surface area contributed by atoms with E-state index in [-0.39, 0.29) is 12.5 Å². The minimum atomic E-state index is 0.0267. The summed E-state index contributed by atoms with van der Waals surface area (Å²) in [5.41, 5.74) is 2.15. The number of carbonyl (C=O) groups excluding carboxylic acids is 1. The van der Waals surface area contributed by atoms with E-state index in [4.69, 9.17) is 0 Å². The highest BCUT2D eigenvalue weighted by Crippen LogP contribution is 2.24. The molecule has 0 unspecified atom stereocenters. The fourth-order valence-electron chi connectivity index (χ4n) is 2.70. The van der Waals surface area contributed by atoms with Crippen molar-refractivity contribution >= 4 is 17.2 Å². The molecular weight excluding hydrogens is 310 g/mol. The molecule has 116 valence electrons. The third-order valence-corrected chi connectivity index (χ3v) is 4.94. The highest BCUT2D eigenvalue weighted by atomic mass is 32.1. The lowest BCUT2D eigenvalue weighted by Crippen LogP contribution is -2.37. The van der Waals surface area contributed by atoms with E-state index in [0.717, 1.165) is 18.5 Å². The molecule has 4 rings (SSSR count). The average Bonchev–Trinajstić information content (AvgIpc) is 3.24. The monoisotopic (exact) mass is 325 g/mol. The van der Waals surface area contributed by atoms with Crippen LogP contribution in [0.25, 0.3) is 11.4 Å². The summed E-state index contributed by atoms with van der Waals surface area (Å²) < 4.78 is 0. The van der Waals surface area contributed by atoms with Crippen LogP contribution in [0.3, 0.4) is 0 Å². The van der Waals surface area contributed by atoms with Gasteiger partial charge in [-0.2, -0.15) is 4.80 Å². The van der Waals surface area contributed by atoms with Gasteiger partial charge in [0.25, 0.3) is 0 Å². The summed E-state index contributed by atoms with van der Waals surface area (Å²) in [6.07, 6.45) is 0.929. The summed E-state index contributed by atoms with van der Waals surface area (Å²) >= 11 is 1.77. The van der Waals surface area contributed by atoms with Gasteiger partial charge in [-0.15, -0.1) is 21.5 Å². The van der Waals surface area contributed by atoms with Gasteiger partial charge in [-0.3, -0.25) is 4.79 Å². The van der Waals surface area contributed by atoms with Crippen molar-refractivity contribution < 1.29 is 4.79 Å². The molecule has 7 heteroatoms. The Kier molecular flexibility index (Phi) is 3.63.